The molecule has 0 saturated carbocycles. The van der Waals surface area contributed by atoms with E-state index in [2.05, 4.69) is 55.4 Å². The molecule has 0 aliphatic carbocycles. The molecule has 0 aromatic carbocycles. The molecule has 0 amide bonds. The van der Waals surface area contributed by atoms with Crippen LogP contribution in [0.5, 0.6) is 0 Å². The monoisotopic (exact) mass is 1380 g/mol. The molecule has 94 heavy (non-hydrogen) atoms. The Morgan fingerprint density at radius 2 is 0.511 bits per heavy atom. The number of hydrogen-bond acceptors (Lipinski definition) is 15. The van der Waals surface area contributed by atoms with Crippen LogP contribution in [0.2, 0.25) is 0 Å². The SMILES string of the molecule is CCC(C)CCCCCCCCCCCCCCCCCCCCC(=O)O[C@H](COC(=O)CCCCCCCCCC(C)C)COP(=O)(O)OCC(O)COP(=O)(O)OC[C@@H](COC(=O)CCCCCCCCCCCCC(C)C)OC(=O)CCCCCCCCC(C)C. The number of rotatable bonds is 72. The van der Waals surface area contributed by atoms with Crippen LogP contribution in [0.25, 0.3) is 0 Å². The Kier molecular flexibility index (Phi) is 63.1. The van der Waals surface area contributed by atoms with Gasteiger partial charge in [-0.2, -0.15) is 0 Å². The van der Waals surface area contributed by atoms with Gasteiger partial charge in [-0.1, -0.05) is 325 Å². The summed E-state index contributed by atoms with van der Waals surface area (Å²) in [6.45, 7) is 14.1. The molecule has 6 atom stereocenters. The molecule has 0 radical (unpaired) electrons. The zero-order valence-corrected chi connectivity index (χ0v) is 63.4. The third-order valence-corrected chi connectivity index (χ3v) is 19.6. The number of phosphoric acid groups is 2. The molecule has 0 aliphatic heterocycles. The minimum atomic E-state index is -4.96. The highest BCUT2D eigenvalue weighted by Crippen LogP contribution is 2.45. The first-order chi connectivity index (χ1) is 45.1. The summed E-state index contributed by atoms with van der Waals surface area (Å²) in [5.74, 6) is 0.875. The van der Waals surface area contributed by atoms with Crippen molar-refractivity contribution in [2.75, 3.05) is 39.6 Å². The predicted octanol–water partition coefficient (Wildman–Crippen LogP) is 21.7. The zero-order chi connectivity index (χ0) is 69.6. The number of carbonyl (C=O) groups excluding carboxylic acids is 4. The lowest BCUT2D eigenvalue weighted by Crippen LogP contribution is -2.30. The Balaban J connectivity index is 5.14. The Bertz CT molecular complexity index is 1850. The van der Waals surface area contributed by atoms with Crippen molar-refractivity contribution >= 4 is 39.5 Å². The fourth-order valence-electron chi connectivity index (χ4n) is 11.3. The molecule has 0 rings (SSSR count). The number of unbranched alkanes of at least 4 members (excludes halogenated alkanes) is 37. The minimum Gasteiger partial charge on any atom is -0.462 e. The van der Waals surface area contributed by atoms with Gasteiger partial charge in [-0.3, -0.25) is 37.3 Å². The van der Waals surface area contributed by atoms with Crippen LogP contribution in [0.1, 0.15) is 376 Å². The fraction of sp³-hybridized carbons (Fsp3) is 0.947. The summed E-state index contributed by atoms with van der Waals surface area (Å²) in [5.41, 5.74) is 0. The Labute approximate surface area is 575 Å². The van der Waals surface area contributed by atoms with E-state index in [9.17, 15) is 43.2 Å². The van der Waals surface area contributed by atoms with E-state index in [0.29, 0.717) is 37.5 Å². The average Bonchev–Trinajstić information content (AvgIpc) is 1.69. The molecule has 19 heteroatoms. The highest BCUT2D eigenvalue weighted by molar-refractivity contribution is 7.47. The number of carbonyl (C=O) groups is 4. The van der Waals surface area contributed by atoms with Gasteiger partial charge in [0.2, 0.25) is 0 Å². The van der Waals surface area contributed by atoms with Crippen LogP contribution in [0.3, 0.4) is 0 Å². The lowest BCUT2D eigenvalue weighted by molar-refractivity contribution is -0.161. The lowest BCUT2D eigenvalue weighted by atomic mass is 9.99. The fourth-order valence-corrected chi connectivity index (χ4v) is 12.9. The Morgan fingerprint density at radius 3 is 0.755 bits per heavy atom. The van der Waals surface area contributed by atoms with Gasteiger partial charge in [0.05, 0.1) is 26.4 Å². The van der Waals surface area contributed by atoms with Crippen LogP contribution >= 0.6 is 15.6 Å². The zero-order valence-electron chi connectivity index (χ0n) is 61.6. The molecular formula is C75H146O17P2. The number of aliphatic hydroxyl groups excluding tert-OH is 1. The van der Waals surface area contributed by atoms with Gasteiger partial charge in [0.1, 0.15) is 19.3 Å². The molecular weight excluding hydrogens is 1230 g/mol. The van der Waals surface area contributed by atoms with Crippen molar-refractivity contribution in [3.63, 3.8) is 0 Å². The number of ether oxygens (including phenoxy) is 4. The molecule has 558 valence electrons. The average molecular weight is 1380 g/mol. The third kappa shape index (κ3) is 67.3. The summed E-state index contributed by atoms with van der Waals surface area (Å²) in [5, 5.41) is 10.6. The van der Waals surface area contributed by atoms with Crippen LogP contribution in [0.15, 0.2) is 0 Å². The van der Waals surface area contributed by atoms with Crippen molar-refractivity contribution in [2.45, 2.75) is 395 Å². The molecule has 0 aromatic heterocycles. The van der Waals surface area contributed by atoms with E-state index >= 15 is 0 Å². The molecule has 4 unspecified atom stereocenters. The van der Waals surface area contributed by atoms with E-state index in [1.54, 1.807) is 0 Å². The third-order valence-electron chi connectivity index (χ3n) is 17.7. The molecule has 3 N–H and O–H groups in total. The summed E-state index contributed by atoms with van der Waals surface area (Å²) < 4.78 is 68.4. The molecule has 17 nitrogen and oxygen atoms in total. The highest BCUT2D eigenvalue weighted by atomic mass is 31.2. The normalized spacial score (nSPS) is 14.4. The first-order valence-corrected chi connectivity index (χ1v) is 41.7. The van der Waals surface area contributed by atoms with Crippen molar-refractivity contribution < 1.29 is 80.2 Å². The molecule has 0 fully saturated rings. The van der Waals surface area contributed by atoms with Gasteiger partial charge in [0, 0.05) is 25.7 Å². The second-order valence-electron chi connectivity index (χ2n) is 28.7. The largest absolute Gasteiger partial charge is 0.472 e. The van der Waals surface area contributed by atoms with E-state index in [1.807, 2.05) is 0 Å². The van der Waals surface area contributed by atoms with E-state index in [1.165, 1.54) is 173 Å². The van der Waals surface area contributed by atoms with Gasteiger partial charge in [-0.25, -0.2) is 9.13 Å². The van der Waals surface area contributed by atoms with Crippen molar-refractivity contribution in [3.8, 4) is 0 Å². The smallest absolute Gasteiger partial charge is 0.462 e. The number of hydrogen-bond donors (Lipinski definition) is 3. The molecule has 0 aromatic rings. The Morgan fingerprint density at radius 1 is 0.298 bits per heavy atom. The topological polar surface area (TPSA) is 237 Å². The molecule has 0 saturated heterocycles. The highest BCUT2D eigenvalue weighted by Gasteiger charge is 2.30. The molecule has 0 spiro atoms. The summed E-state index contributed by atoms with van der Waals surface area (Å²) in [4.78, 5) is 72.6. The Hall–Kier alpha value is -1.94. The quantitative estimate of drug-likeness (QED) is 0.0222. The van der Waals surface area contributed by atoms with E-state index in [0.717, 1.165) is 108 Å². The first kappa shape index (κ1) is 92.1. The lowest BCUT2D eigenvalue weighted by Gasteiger charge is -2.21. The maximum absolute atomic E-state index is 13.0. The predicted molar refractivity (Wildman–Crippen MR) is 381 cm³/mol. The second kappa shape index (κ2) is 64.4. The van der Waals surface area contributed by atoms with Crippen LogP contribution in [-0.2, 0) is 65.4 Å². The number of esters is 4. The number of phosphoric ester groups is 2. The van der Waals surface area contributed by atoms with Gasteiger partial charge in [0.25, 0.3) is 0 Å². The van der Waals surface area contributed by atoms with Crippen molar-refractivity contribution in [1.29, 1.82) is 0 Å². The van der Waals surface area contributed by atoms with Crippen molar-refractivity contribution in [3.05, 3.63) is 0 Å². The van der Waals surface area contributed by atoms with Gasteiger partial charge >= 0.3 is 39.5 Å². The van der Waals surface area contributed by atoms with Crippen LogP contribution in [0.4, 0.5) is 0 Å². The summed E-state index contributed by atoms with van der Waals surface area (Å²) >= 11 is 0. The van der Waals surface area contributed by atoms with Crippen molar-refractivity contribution in [1.82, 2.24) is 0 Å². The van der Waals surface area contributed by atoms with Crippen molar-refractivity contribution in [2.24, 2.45) is 23.7 Å². The first-order valence-electron chi connectivity index (χ1n) is 38.7. The maximum Gasteiger partial charge on any atom is 0.472 e. The van der Waals surface area contributed by atoms with E-state index in [4.69, 9.17) is 37.0 Å². The van der Waals surface area contributed by atoms with E-state index < -0.39 is 97.5 Å². The molecule has 0 aliphatic rings. The summed E-state index contributed by atoms with van der Waals surface area (Å²) in [6.07, 6.45) is 49.0. The van der Waals surface area contributed by atoms with Crippen LogP contribution in [0, 0.1) is 23.7 Å². The maximum atomic E-state index is 13.0. The van der Waals surface area contributed by atoms with Gasteiger partial charge < -0.3 is 33.8 Å². The van der Waals surface area contributed by atoms with Gasteiger partial charge in [-0.05, 0) is 49.4 Å². The minimum absolute atomic E-state index is 0.102. The van der Waals surface area contributed by atoms with Crippen LogP contribution < -0.4 is 0 Å². The second-order valence-corrected chi connectivity index (χ2v) is 31.6. The standard InChI is InChI=1S/C75H146O17P2/c1-9-68(8)54-46-38-29-23-18-16-14-12-10-11-13-15-17-19-25-31-41-49-57-74(79)91-70(61-86-73(78)56-48-40-32-26-28-36-44-52-66(4)5)63-89-93(81,82)87-59-69(76)60-88-94(83,84)90-64-71(92-75(80)58-50-42-34-33-37-45-53-67(6)7)62-85-72(77)55-47-39-30-24-21-20-22-27-35-43-51-65(2)3/h65-71,76H,9-64H2,1-8H3,(H,81,82)(H,83,84)/t68?,69?,70-,71-/m1/s1. The summed E-state index contributed by atoms with van der Waals surface area (Å²) in [6, 6.07) is 0. The molecule has 0 heterocycles. The van der Waals surface area contributed by atoms with Gasteiger partial charge in [-0.15, -0.1) is 0 Å². The number of aliphatic hydroxyl groups is 1. The molecule has 0 bridgehead atoms. The summed E-state index contributed by atoms with van der Waals surface area (Å²) in [7, 11) is -9.91. The van der Waals surface area contributed by atoms with E-state index in [-0.39, 0.29) is 25.7 Å². The van der Waals surface area contributed by atoms with Crippen LogP contribution in [-0.4, -0.2) is 96.7 Å². The van der Waals surface area contributed by atoms with Gasteiger partial charge in [0.15, 0.2) is 12.2 Å².